The van der Waals surface area contributed by atoms with Gasteiger partial charge < -0.3 is 9.47 Å². The van der Waals surface area contributed by atoms with Crippen molar-refractivity contribution in [3.63, 3.8) is 0 Å². The van der Waals surface area contributed by atoms with E-state index in [1.54, 1.807) is 0 Å². The van der Waals surface area contributed by atoms with Crippen LogP contribution >= 0.6 is 15.9 Å². The Hall–Kier alpha value is -1.52. The van der Waals surface area contributed by atoms with Crippen LogP contribution in [0.15, 0.2) is 6.07 Å². The van der Waals surface area contributed by atoms with E-state index in [2.05, 4.69) is 30.4 Å². The summed E-state index contributed by atoms with van der Waals surface area (Å²) in [4.78, 5) is 14.7. The summed E-state index contributed by atoms with van der Waals surface area (Å²) in [6.07, 6.45) is -10.9. The molecule has 1 aromatic rings. The molecule has 0 saturated heterocycles. The molecule has 23 heavy (non-hydrogen) atoms. The summed E-state index contributed by atoms with van der Waals surface area (Å²) < 4.78 is 84.2. The van der Waals surface area contributed by atoms with Gasteiger partial charge in [-0.15, -0.1) is 13.2 Å². The number of alkyl halides is 7. The smallest absolute Gasteiger partial charge is 0.466 e. The first-order chi connectivity index (χ1) is 10.5. The monoisotopic (exact) mass is 409 g/mol. The average molecular weight is 410 g/mol. The molecule has 0 atom stereocenters. The van der Waals surface area contributed by atoms with E-state index in [1.807, 2.05) is 0 Å². The van der Waals surface area contributed by atoms with Crippen LogP contribution in [0.5, 0.6) is 5.88 Å². The van der Waals surface area contributed by atoms with Gasteiger partial charge in [0.05, 0.1) is 24.3 Å². The normalized spacial score (nSPS) is 12.2. The number of carbonyl (C=O) groups is 1. The topological polar surface area (TPSA) is 48.4 Å². The Kier molecular flexibility index (Phi) is 6.25. The average Bonchev–Trinajstić information content (AvgIpc) is 2.35. The van der Waals surface area contributed by atoms with Gasteiger partial charge in [0.2, 0.25) is 5.88 Å². The van der Waals surface area contributed by atoms with E-state index in [1.165, 1.54) is 6.92 Å². The predicted octanol–water partition coefficient (Wildman–Crippen LogP) is 4.00. The lowest BCUT2D eigenvalue weighted by molar-refractivity contribution is -0.276. The number of ether oxygens (including phenoxy) is 2. The van der Waals surface area contributed by atoms with Crippen LogP contribution in [0.2, 0.25) is 0 Å². The fraction of sp³-hybridized carbons (Fsp3) is 0.500. The molecule has 0 aliphatic carbocycles. The molecular formula is C12H10BrF6NO3. The number of carbonyl (C=O) groups excluding carboxylic acids is 1. The minimum absolute atomic E-state index is 0.0314. The molecule has 1 aromatic heterocycles. The Labute approximate surface area is 134 Å². The van der Waals surface area contributed by atoms with Gasteiger partial charge in [-0.1, -0.05) is 15.9 Å². The summed E-state index contributed by atoms with van der Waals surface area (Å²) in [6, 6.07) is 0.497. The highest BCUT2D eigenvalue weighted by Gasteiger charge is 2.39. The van der Waals surface area contributed by atoms with Crippen molar-refractivity contribution in [2.75, 3.05) is 6.61 Å². The maximum atomic E-state index is 13.0. The van der Waals surface area contributed by atoms with Crippen molar-refractivity contribution in [3.8, 4) is 5.88 Å². The third kappa shape index (κ3) is 5.88. The maximum Gasteiger partial charge on any atom is 0.574 e. The lowest BCUT2D eigenvalue weighted by Crippen LogP contribution is -2.22. The Bertz CT molecular complexity index is 573. The molecule has 0 bridgehead atoms. The summed E-state index contributed by atoms with van der Waals surface area (Å²) in [7, 11) is 0. The first-order valence-corrected chi connectivity index (χ1v) is 7.17. The molecule has 0 amide bonds. The molecule has 0 unspecified atom stereocenters. The molecule has 4 nitrogen and oxygen atoms in total. The van der Waals surface area contributed by atoms with Crippen molar-refractivity contribution >= 4 is 21.9 Å². The van der Waals surface area contributed by atoms with Gasteiger partial charge in [0.25, 0.3) is 0 Å². The van der Waals surface area contributed by atoms with E-state index in [4.69, 9.17) is 0 Å². The molecule has 0 fully saturated rings. The molecule has 0 saturated carbocycles. The molecule has 0 aromatic carbocycles. The van der Waals surface area contributed by atoms with Crippen LogP contribution in [0.1, 0.15) is 23.7 Å². The van der Waals surface area contributed by atoms with Crippen molar-refractivity contribution in [2.45, 2.75) is 31.2 Å². The van der Waals surface area contributed by atoms with E-state index in [-0.39, 0.29) is 6.61 Å². The van der Waals surface area contributed by atoms with E-state index < -0.39 is 53.0 Å². The highest BCUT2D eigenvalue weighted by Crippen LogP contribution is 2.38. The molecule has 1 rings (SSSR count). The minimum Gasteiger partial charge on any atom is -0.466 e. The zero-order valence-corrected chi connectivity index (χ0v) is 13.1. The minimum atomic E-state index is -5.23. The Morgan fingerprint density at radius 3 is 2.30 bits per heavy atom. The summed E-state index contributed by atoms with van der Waals surface area (Å²) in [6.45, 7) is 1.44. The summed E-state index contributed by atoms with van der Waals surface area (Å²) in [5.74, 6) is -2.18. The summed E-state index contributed by atoms with van der Waals surface area (Å²) >= 11 is 2.68. The number of aromatic nitrogens is 1. The van der Waals surface area contributed by atoms with Crippen molar-refractivity contribution in [2.24, 2.45) is 0 Å². The SMILES string of the molecule is CCOC(=O)Cc1cc(C(F)(F)F)c(CBr)c(OC(F)(F)F)n1. The van der Waals surface area contributed by atoms with Crippen molar-refractivity contribution in [1.29, 1.82) is 0 Å². The first-order valence-electron chi connectivity index (χ1n) is 6.05. The number of nitrogens with zero attached hydrogens (tertiary/aromatic N) is 1. The van der Waals surface area contributed by atoms with Crippen molar-refractivity contribution in [3.05, 3.63) is 22.9 Å². The van der Waals surface area contributed by atoms with Crippen LogP contribution in [0.3, 0.4) is 0 Å². The van der Waals surface area contributed by atoms with Crippen LogP contribution < -0.4 is 4.74 Å². The number of hydrogen-bond acceptors (Lipinski definition) is 4. The zero-order chi connectivity index (χ0) is 17.8. The van der Waals surface area contributed by atoms with E-state index in [9.17, 15) is 31.1 Å². The standard InChI is InChI=1S/C12H10BrF6NO3/c1-2-22-9(21)4-6-3-8(11(14,15)16)7(5-13)10(20-6)23-12(17,18)19/h3H,2,4-5H2,1H3. The number of hydrogen-bond donors (Lipinski definition) is 0. The lowest BCUT2D eigenvalue weighted by Gasteiger charge is -2.17. The lowest BCUT2D eigenvalue weighted by atomic mass is 10.1. The van der Waals surface area contributed by atoms with Crippen LogP contribution in [-0.4, -0.2) is 23.9 Å². The van der Waals surface area contributed by atoms with Gasteiger partial charge >= 0.3 is 18.5 Å². The molecule has 11 heteroatoms. The fourth-order valence-electron chi connectivity index (χ4n) is 1.63. The van der Waals surface area contributed by atoms with Gasteiger partial charge in [0, 0.05) is 10.9 Å². The van der Waals surface area contributed by atoms with Crippen LogP contribution in [0.4, 0.5) is 26.3 Å². The predicted molar refractivity (Wildman–Crippen MR) is 68.9 cm³/mol. The van der Waals surface area contributed by atoms with Gasteiger partial charge in [0.1, 0.15) is 0 Å². The van der Waals surface area contributed by atoms with Gasteiger partial charge in [0.15, 0.2) is 0 Å². The van der Waals surface area contributed by atoms with Gasteiger partial charge in [-0.05, 0) is 13.0 Å². The van der Waals surface area contributed by atoms with E-state index in [0.717, 1.165) is 0 Å². The van der Waals surface area contributed by atoms with Gasteiger partial charge in [-0.3, -0.25) is 4.79 Å². The highest BCUT2D eigenvalue weighted by molar-refractivity contribution is 9.08. The maximum absolute atomic E-state index is 13.0. The molecule has 0 spiro atoms. The number of rotatable bonds is 5. The molecular weight excluding hydrogens is 400 g/mol. The zero-order valence-electron chi connectivity index (χ0n) is 11.5. The van der Waals surface area contributed by atoms with Crippen LogP contribution in [0.25, 0.3) is 0 Å². The number of halogens is 7. The van der Waals surface area contributed by atoms with Crippen molar-refractivity contribution in [1.82, 2.24) is 4.98 Å². The first kappa shape index (κ1) is 19.5. The molecule has 0 aliphatic heterocycles. The highest BCUT2D eigenvalue weighted by atomic mass is 79.9. The van der Waals surface area contributed by atoms with Crippen molar-refractivity contribution < 1.29 is 40.6 Å². The molecule has 1 heterocycles. The Morgan fingerprint density at radius 1 is 1.26 bits per heavy atom. The number of esters is 1. The molecule has 0 radical (unpaired) electrons. The largest absolute Gasteiger partial charge is 0.574 e. The van der Waals surface area contributed by atoms with Gasteiger partial charge in [-0.2, -0.15) is 13.2 Å². The second-order valence-electron chi connectivity index (χ2n) is 4.11. The second kappa shape index (κ2) is 7.37. The second-order valence-corrected chi connectivity index (χ2v) is 4.67. The summed E-state index contributed by atoms with van der Waals surface area (Å²) in [5.41, 5.74) is -2.73. The molecule has 130 valence electrons. The summed E-state index contributed by atoms with van der Waals surface area (Å²) in [5, 5.41) is -0.570. The third-order valence-corrected chi connectivity index (χ3v) is 2.98. The number of pyridine rings is 1. The van der Waals surface area contributed by atoms with Crippen LogP contribution in [-0.2, 0) is 27.5 Å². The fourth-order valence-corrected chi connectivity index (χ4v) is 2.17. The molecule has 0 aliphatic rings. The van der Waals surface area contributed by atoms with E-state index >= 15 is 0 Å². The van der Waals surface area contributed by atoms with Gasteiger partial charge in [-0.25, -0.2) is 4.98 Å². The van der Waals surface area contributed by atoms with E-state index in [0.29, 0.717) is 6.07 Å². The Balaban J connectivity index is 3.38. The quantitative estimate of drug-likeness (QED) is 0.419. The van der Waals surface area contributed by atoms with Crippen LogP contribution in [0, 0.1) is 0 Å². The Morgan fingerprint density at radius 2 is 1.87 bits per heavy atom. The third-order valence-electron chi connectivity index (χ3n) is 2.42. The molecule has 0 N–H and O–H groups in total.